The van der Waals surface area contributed by atoms with E-state index in [-0.39, 0.29) is 0 Å². The van der Waals surface area contributed by atoms with E-state index in [4.69, 9.17) is 10.5 Å². The number of hydrogen-bond acceptors (Lipinski definition) is 3. The summed E-state index contributed by atoms with van der Waals surface area (Å²) in [5.41, 5.74) is 6.50. The summed E-state index contributed by atoms with van der Waals surface area (Å²) < 4.78 is 5.22. The number of rotatable bonds is 4. The van der Waals surface area contributed by atoms with Gasteiger partial charge in [-0.25, -0.2) is 4.98 Å². The van der Waals surface area contributed by atoms with Crippen molar-refractivity contribution in [3.63, 3.8) is 0 Å². The van der Waals surface area contributed by atoms with Gasteiger partial charge in [0.05, 0.1) is 0 Å². The molecular weight excluding hydrogens is 152 g/mol. The van der Waals surface area contributed by atoms with E-state index in [1.807, 2.05) is 18.3 Å². The van der Waals surface area contributed by atoms with E-state index in [0.29, 0.717) is 19.0 Å². The molecule has 0 fully saturated rings. The predicted octanol–water partition coefficient (Wildman–Crippen LogP) is 0.982. The predicted molar refractivity (Wildman–Crippen MR) is 48.2 cm³/mol. The lowest BCUT2D eigenvalue weighted by Gasteiger charge is -2.02. The highest BCUT2D eigenvalue weighted by Crippen LogP contribution is 2.07. The van der Waals surface area contributed by atoms with Crippen LogP contribution < -0.4 is 10.5 Å². The summed E-state index contributed by atoms with van der Waals surface area (Å²) in [6.45, 7) is 3.15. The van der Waals surface area contributed by atoms with E-state index in [2.05, 4.69) is 11.9 Å². The van der Waals surface area contributed by atoms with Gasteiger partial charge in [0.15, 0.2) is 0 Å². The van der Waals surface area contributed by atoms with Gasteiger partial charge in [-0.3, -0.25) is 0 Å². The zero-order chi connectivity index (χ0) is 8.81. The SMILES string of the molecule is CCc1ccc(OCCN)nc1. The normalized spacial score (nSPS) is 9.83. The van der Waals surface area contributed by atoms with Crippen molar-refractivity contribution in [3.8, 4) is 5.88 Å². The Morgan fingerprint density at radius 3 is 2.83 bits per heavy atom. The molecule has 0 aliphatic heterocycles. The largest absolute Gasteiger partial charge is 0.476 e. The minimum Gasteiger partial charge on any atom is -0.476 e. The summed E-state index contributed by atoms with van der Waals surface area (Å²) >= 11 is 0. The third-order valence-electron chi connectivity index (χ3n) is 1.57. The lowest BCUT2D eigenvalue weighted by molar-refractivity contribution is 0.315. The van der Waals surface area contributed by atoms with Crippen LogP contribution in [-0.4, -0.2) is 18.1 Å². The highest BCUT2D eigenvalue weighted by Gasteiger charge is 1.93. The molecule has 1 rings (SSSR count). The Hall–Kier alpha value is -1.09. The monoisotopic (exact) mass is 166 g/mol. The Balaban J connectivity index is 2.53. The molecule has 3 heteroatoms. The molecule has 0 spiro atoms. The summed E-state index contributed by atoms with van der Waals surface area (Å²) in [7, 11) is 0. The lowest BCUT2D eigenvalue weighted by atomic mass is 10.2. The first-order valence-electron chi connectivity index (χ1n) is 4.14. The molecule has 12 heavy (non-hydrogen) atoms. The Morgan fingerprint density at radius 2 is 2.33 bits per heavy atom. The molecule has 1 heterocycles. The number of pyridine rings is 1. The maximum atomic E-state index is 5.28. The fourth-order valence-corrected chi connectivity index (χ4v) is 0.869. The van der Waals surface area contributed by atoms with Gasteiger partial charge in [0.1, 0.15) is 6.61 Å². The van der Waals surface area contributed by atoms with Gasteiger partial charge < -0.3 is 10.5 Å². The smallest absolute Gasteiger partial charge is 0.213 e. The van der Waals surface area contributed by atoms with Gasteiger partial charge in [-0.05, 0) is 12.0 Å². The lowest BCUT2D eigenvalue weighted by Crippen LogP contribution is -2.11. The number of aromatic nitrogens is 1. The second kappa shape index (κ2) is 4.72. The highest BCUT2D eigenvalue weighted by atomic mass is 16.5. The zero-order valence-electron chi connectivity index (χ0n) is 7.29. The fraction of sp³-hybridized carbons (Fsp3) is 0.444. The van der Waals surface area contributed by atoms with E-state index in [1.165, 1.54) is 5.56 Å². The Kier molecular flexibility index (Phi) is 3.54. The zero-order valence-corrected chi connectivity index (χ0v) is 7.29. The topological polar surface area (TPSA) is 48.1 Å². The van der Waals surface area contributed by atoms with E-state index < -0.39 is 0 Å². The molecule has 66 valence electrons. The maximum absolute atomic E-state index is 5.28. The third-order valence-corrected chi connectivity index (χ3v) is 1.57. The molecule has 0 aliphatic carbocycles. The number of ether oxygens (including phenoxy) is 1. The number of hydrogen-bond donors (Lipinski definition) is 1. The van der Waals surface area contributed by atoms with Gasteiger partial charge >= 0.3 is 0 Å². The molecule has 3 nitrogen and oxygen atoms in total. The van der Waals surface area contributed by atoms with Crippen LogP contribution in [0.25, 0.3) is 0 Å². The van der Waals surface area contributed by atoms with Crippen LogP contribution in [0.3, 0.4) is 0 Å². The van der Waals surface area contributed by atoms with Crippen LogP contribution >= 0.6 is 0 Å². The number of nitrogens with zero attached hydrogens (tertiary/aromatic N) is 1. The van der Waals surface area contributed by atoms with Crippen LogP contribution in [0, 0.1) is 0 Å². The number of nitrogens with two attached hydrogens (primary N) is 1. The van der Waals surface area contributed by atoms with E-state index in [0.717, 1.165) is 6.42 Å². The molecule has 1 aromatic heterocycles. The molecular formula is C9H14N2O. The van der Waals surface area contributed by atoms with Crippen molar-refractivity contribution in [1.29, 1.82) is 0 Å². The first kappa shape index (κ1) is 9.00. The quantitative estimate of drug-likeness (QED) is 0.725. The molecule has 2 N–H and O–H groups in total. The van der Waals surface area contributed by atoms with Crippen molar-refractivity contribution in [3.05, 3.63) is 23.9 Å². The standard InChI is InChI=1S/C9H14N2O/c1-2-8-3-4-9(11-7-8)12-6-5-10/h3-4,7H,2,5-6,10H2,1H3. The average Bonchev–Trinajstić information content (AvgIpc) is 2.15. The Labute approximate surface area is 72.6 Å². The summed E-state index contributed by atoms with van der Waals surface area (Å²) in [5, 5.41) is 0. The minimum atomic E-state index is 0.525. The highest BCUT2D eigenvalue weighted by molar-refractivity contribution is 5.17. The fourth-order valence-electron chi connectivity index (χ4n) is 0.869. The first-order valence-corrected chi connectivity index (χ1v) is 4.14. The van der Waals surface area contributed by atoms with Crippen LogP contribution in [0.1, 0.15) is 12.5 Å². The van der Waals surface area contributed by atoms with Gasteiger partial charge in [0.25, 0.3) is 0 Å². The van der Waals surface area contributed by atoms with Crippen molar-refractivity contribution in [1.82, 2.24) is 4.98 Å². The minimum absolute atomic E-state index is 0.525. The second-order valence-corrected chi connectivity index (χ2v) is 2.50. The van der Waals surface area contributed by atoms with Gasteiger partial charge in [-0.1, -0.05) is 13.0 Å². The second-order valence-electron chi connectivity index (χ2n) is 2.50. The Morgan fingerprint density at radius 1 is 1.50 bits per heavy atom. The molecule has 0 unspecified atom stereocenters. The summed E-state index contributed by atoms with van der Waals surface area (Å²) in [6.07, 6.45) is 2.83. The van der Waals surface area contributed by atoms with Crippen LogP contribution in [0.5, 0.6) is 5.88 Å². The van der Waals surface area contributed by atoms with Crippen molar-refractivity contribution in [2.75, 3.05) is 13.2 Å². The summed E-state index contributed by atoms with van der Waals surface area (Å²) in [5.74, 6) is 0.651. The van der Waals surface area contributed by atoms with Crippen LogP contribution in [0.15, 0.2) is 18.3 Å². The first-order chi connectivity index (χ1) is 5.86. The van der Waals surface area contributed by atoms with Crippen LogP contribution in [-0.2, 0) is 6.42 Å². The Bertz CT molecular complexity index is 220. The molecule has 0 radical (unpaired) electrons. The molecule has 0 saturated heterocycles. The molecule has 1 aromatic rings. The van der Waals surface area contributed by atoms with Crippen molar-refractivity contribution < 1.29 is 4.74 Å². The van der Waals surface area contributed by atoms with E-state index in [1.54, 1.807) is 0 Å². The molecule has 0 aromatic carbocycles. The number of aryl methyl sites for hydroxylation is 1. The van der Waals surface area contributed by atoms with Gasteiger partial charge in [0.2, 0.25) is 5.88 Å². The molecule has 0 amide bonds. The van der Waals surface area contributed by atoms with Crippen molar-refractivity contribution in [2.45, 2.75) is 13.3 Å². The molecule has 0 bridgehead atoms. The molecule has 0 aliphatic rings. The van der Waals surface area contributed by atoms with Gasteiger partial charge in [-0.2, -0.15) is 0 Å². The molecule has 0 saturated carbocycles. The summed E-state index contributed by atoms with van der Waals surface area (Å²) in [4.78, 5) is 4.11. The van der Waals surface area contributed by atoms with Gasteiger partial charge in [0, 0.05) is 18.8 Å². The van der Waals surface area contributed by atoms with E-state index >= 15 is 0 Å². The molecule has 0 atom stereocenters. The van der Waals surface area contributed by atoms with Crippen molar-refractivity contribution >= 4 is 0 Å². The summed E-state index contributed by atoms with van der Waals surface area (Å²) in [6, 6.07) is 3.88. The third kappa shape index (κ3) is 2.51. The van der Waals surface area contributed by atoms with Crippen LogP contribution in [0.2, 0.25) is 0 Å². The van der Waals surface area contributed by atoms with E-state index in [9.17, 15) is 0 Å². The van der Waals surface area contributed by atoms with Gasteiger partial charge in [-0.15, -0.1) is 0 Å². The average molecular weight is 166 g/mol. The van der Waals surface area contributed by atoms with Crippen LogP contribution in [0.4, 0.5) is 0 Å². The van der Waals surface area contributed by atoms with Crippen molar-refractivity contribution in [2.24, 2.45) is 5.73 Å². The maximum Gasteiger partial charge on any atom is 0.213 e.